The highest BCUT2D eigenvalue weighted by atomic mass is 19.1. The van der Waals surface area contributed by atoms with Gasteiger partial charge in [-0.15, -0.1) is 0 Å². The second-order valence-electron chi connectivity index (χ2n) is 4.39. The van der Waals surface area contributed by atoms with Gasteiger partial charge in [0, 0.05) is 11.6 Å². The summed E-state index contributed by atoms with van der Waals surface area (Å²) in [5, 5.41) is 9.08. The highest BCUT2D eigenvalue weighted by Crippen LogP contribution is 2.29. The first-order valence-corrected chi connectivity index (χ1v) is 6.41. The number of benzene rings is 2. The van der Waals surface area contributed by atoms with Crippen molar-refractivity contribution in [3.05, 3.63) is 53.3 Å². The maximum absolute atomic E-state index is 13.8. The molecule has 0 bridgehead atoms. The minimum Gasteiger partial charge on any atom is -0.497 e. The number of aliphatic hydroxyl groups excluding tert-OH is 1. The zero-order valence-corrected chi connectivity index (χ0v) is 11.9. The largest absolute Gasteiger partial charge is 0.497 e. The van der Waals surface area contributed by atoms with Crippen molar-refractivity contribution in [2.45, 2.75) is 13.2 Å². The Labute approximate surface area is 122 Å². The molecule has 0 heterocycles. The summed E-state index contributed by atoms with van der Waals surface area (Å²) in [6.07, 6.45) is 0. The van der Waals surface area contributed by atoms with Gasteiger partial charge in [0.05, 0.1) is 20.8 Å². The van der Waals surface area contributed by atoms with Gasteiger partial charge in [-0.1, -0.05) is 6.07 Å². The van der Waals surface area contributed by atoms with E-state index in [2.05, 4.69) is 0 Å². The lowest BCUT2D eigenvalue weighted by atomic mass is 10.2. The molecule has 0 spiro atoms. The smallest absolute Gasteiger partial charge is 0.161 e. The summed E-state index contributed by atoms with van der Waals surface area (Å²) in [5.74, 6) is 1.06. The Morgan fingerprint density at radius 3 is 2.43 bits per heavy atom. The van der Waals surface area contributed by atoms with Crippen molar-refractivity contribution in [1.82, 2.24) is 0 Å². The predicted octanol–water partition coefficient (Wildman–Crippen LogP) is 2.91. The van der Waals surface area contributed by atoms with Crippen LogP contribution in [0.4, 0.5) is 4.39 Å². The van der Waals surface area contributed by atoms with E-state index in [0.29, 0.717) is 22.8 Å². The van der Waals surface area contributed by atoms with Crippen molar-refractivity contribution in [2.24, 2.45) is 0 Å². The maximum Gasteiger partial charge on any atom is 0.161 e. The van der Waals surface area contributed by atoms with Crippen LogP contribution in [-0.4, -0.2) is 19.3 Å². The molecule has 0 aliphatic rings. The van der Waals surface area contributed by atoms with Crippen LogP contribution in [0.1, 0.15) is 11.1 Å². The molecule has 21 heavy (non-hydrogen) atoms. The van der Waals surface area contributed by atoms with Crippen LogP contribution in [0.2, 0.25) is 0 Å². The van der Waals surface area contributed by atoms with Gasteiger partial charge < -0.3 is 19.3 Å². The molecule has 112 valence electrons. The molecular weight excluding hydrogens is 275 g/mol. The van der Waals surface area contributed by atoms with E-state index in [4.69, 9.17) is 19.3 Å². The molecule has 0 aromatic heterocycles. The average molecular weight is 292 g/mol. The summed E-state index contributed by atoms with van der Waals surface area (Å²) in [7, 11) is 3.00. The molecule has 0 fully saturated rings. The van der Waals surface area contributed by atoms with Gasteiger partial charge in [0.1, 0.15) is 18.2 Å². The van der Waals surface area contributed by atoms with Crippen molar-refractivity contribution < 1.29 is 23.7 Å². The van der Waals surface area contributed by atoms with Gasteiger partial charge in [-0.25, -0.2) is 4.39 Å². The van der Waals surface area contributed by atoms with Crippen LogP contribution < -0.4 is 14.2 Å². The molecule has 0 unspecified atom stereocenters. The first-order chi connectivity index (χ1) is 10.2. The second kappa shape index (κ2) is 6.95. The van der Waals surface area contributed by atoms with Gasteiger partial charge in [0.25, 0.3) is 0 Å². The summed E-state index contributed by atoms with van der Waals surface area (Å²) < 4.78 is 29.5. The fourth-order valence-electron chi connectivity index (χ4n) is 1.86. The maximum atomic E-state index is 13.8. The molecule has 4 nitrogen and oxygen atoms in total. The van der Waals surface area contributed by atoms with Crippen molar-refractivity contribution in [3.8, 4) is 17.2 Å². The van der Waals surface area contributed by atoms with E-state index in [-0.39, 0.29) is 19.0 Å². The molecule has 0 aliphatic heterocycles. The Morgan fingerprint density at radius 1 is 1.00 bits per heavy atom. The lowest BCUT2D eigenvalue weighted by Crippen LogP contribution is -2.01. The normalized spacial score (nSPS) is 10.3. The van der Waals surface area contributed by atoms with E-state index < -0.39 is 0 Å². The van der Waals surface area contributed by atoms with Crippen LogP contribution in [0, 0.1) is 5.82 Å². The van der Waals surface area contributed by atoms with E-state index in [0.717, 1.165) is 5.56 Å². The zero-order chi connectivity index (χ0) is 15.2. The predicted molar refractivity (Wildman–Crippen MR) is 76.2 cm³/mol. The van der Waals surface area contributed by atoms with E-state index in [9.17, 15) is 4.39 Å². The second-order valence-corrected chi connectivity index (χ2v) is 4.39. The van der Waals surface area contributed by atoms with Gasteiger partial charge >= 0.3 is 0 Å². The van der Waals surface area contributed by atoms with Crippen LogP contribution in [0.5, 0.6) is 17.2 Å². The fraction of sp³-hybridized carbons (Fsp3) is 0.250. The third-order valence-electron chi connectivity index (χ3n) is 3.05. The number of rotatable bonds is 6. The Morgan fingerprint density at radius 2 is 1.81 bits per heavy atom. The number of hydrogen-bond acceptors (Lipinski definition) is 4. The molecule has 0 amide bonds. The van der Waals surface area contributed by atoms with Gasteiger partial charge in [-0.05, 0) is 29.8 Å². The van der Waals surface area contributed by atoms with Gasteiger partial charge in [-0.2, -0.15) is 0 Å². The first-order valence-electron chi connectivity index (χ1n) is 6.41. The summed E-state index contributed by atoms with van der Waals surface area (Å²) in [4.78, 5) is 0. The molecule has 2 rings (SSSR count). The molecule has 0 radical (unpaired) electrons. The Bertz CT molecular complexity index is 613. The number of halogens is 1. The highest BCUT2D eigenvalue weighted by Gasteiger charge is 2.09. The van der Waals surface area contributed by atoms with Crippen molar-refractivity contribution >= 4 is 0 Å². The highest BCUT2D eigenvalue weighted by molar-refractivity contribution is 5.43. The van der Waals surface area contributed by atoms with Gasteiger partial charge in [0.15, 0.2) is 11.5 Å². The number of ether oxygens (including phenoxy) is 3. The van der Waals surface area contributed by atoms with Crippen LogP contribution in [0.25, 0.3) is 0 Å². The molecule has 0 saturated carbocycles. The van der Waals surface area contributed by atoms with Crippen LogP contribution in [-0.2, 0) is 13.2 Å². The van der Waals surface area contributed by atoms with Crippen LogP contribution >= 0.6 is 0 Å². The minimum atomic E-state index is -0.389. The molecule has 5 heteroatoms. The molecule has 0 saturated heterocycles. The third-order valence-corrected chi connectivity index (χ3v) is 3.05. The molecule has 2 aromatic carbocycles. The van der Waals surface area contributed by atoms with Gasteiger partial charge in [-0.3, -0.25) is 0 Å². The van der Waals surface area contributed by atoms with Crippen molar-refractivity contribution in [3.63, 3.8) is 0 Å². The van der Waals surface area contributed by atoms with Crippen LogP contribution in [0.15, 0.2) is 36.4 Å². The van der Waals surface area contributed by atoms with Crippen LogP contribution in [0.3, 0.4) is 0 Å². The number of hydrogen-bond donors (Lipinski definition) is 1. The first kappa shape index (κ1) is 15.1. The summed E-state index contributed by atoms with van der Waals surface area (Å²) in [6.45, 7) is -0.00555. The van der Waals surface area contributed by atoms with Crippen molar-refractivity contribution in [1.29, 1.82) is 0 Å². The minimum absolute atomic E-state index is 0.0741. The Hall–Kier alpha value is -2.27. The fourth-order valence-corrected chi connectivity index (χ4v) is 1.86. The monoisotopic (exact) mass is 292 g/mol. The summed E-state index contributed by atoms with van der Waals surface area (Å²) in [5.41, 5.74) is 1.14. The topological polar surface area (TPSA) is 47.9 Å². The standard InChI is InChI=1S/C16H17FO4/c1-19-13-5-4-12(14(17)8-13)10-21-15-6-3-11(9-18)7-16(15)20-2/h3-8,18H,9-10H2,1-2H3. The van der Waals surface area contributed by atoms with Crippen molar-refractivity contribution in [2.75, 3.05) is 14.2 Å². The summed E-state index contributed by atoms with van der Waals surface area (Å²) in [6, 6.07) is 9.69. The average Bonchev–Trinajstić information content (AvgIpc) is 2.53. The van der Waals surface area contributed by atoms with E-state index in [1.54, 1.807) is 30.3 Å². The number of methoxy groups -OCH3 is 2. The SMILES string of the molecule is COc1ccc(COc2ccc(CO)cc2OC)c(F)c1. The Balaban J connectivity index is 2.12. The lowest BCUT2D eigenvalue weighted by molar-refractivity contribution is 0.272. The molecule has 0 aliphatic carbocycles. The van der Waals surface area contributed by atoms with E-state index in [1.807, 2.05) is 0 Å². The Kier molecular flexibility index (Phi) is 5.00. The molecule has 0 atom stereocenters. The van der Waals surface area contributed by atoms with E-state index in [1.165, 1.54) is 20.3 Å². The molecule has 2 aromatic rings. The third kappa shape index (κ3) is 3.64. The van der Waals surface area contributed by atoms with E-state index >= 15 is 0 Å². The lowest BCUT2D eigenvalue weighted by Gasteiger charge is -2.12. The van der Waals surface area contributed by atoms with Gasteiger partial charge in [0.2, 0.25) is 0 Å². The molecular formula is C16H17FO4. The summed E-state index contributed by atoms with van der Waals surface area (Å²) >= 11 is 0. The zero-order valence-electron chi connectivity index (χ0n) is 11.9. The molecule has 1 N–H and O–H groups in total. The number of aliphatic hydroxyl groups is 1. The quantitative estimate of drug-likeness (QED) is 0.889.